The van der Waals surface area contributed by atoms with Crippen molar-refractivity contribution in [1.82, 2.24) is 0 Å². The molecule has 0 aliphatic rings. The van der Waals surface area contributed by atoms with Gasteiger partial charge in [-0.05, 0) is 45.4 Å². The number of amides is 1. The summed E-state index contributed by atoms with van der Waals surface area (Å²) in [5, 5.41) is 5.86. The van der Waals surface area contributed by atoms with E-state index in [1.807, 2.05) is 0 Å². The molecule has 28 heavy (non-hydrogen) atoms. The average Bonchev–Trinajstić information content (AvgIpc) is 2.96. The maximum Gasteiger partial charge on any atom is 0.341 e. The first kappa shape index (κ1) is 21.3. The van der Waals surface area contributed by atoms with E-state index < -0.39 is 11.9 Å². The van der Waals surface area contributed by atoms with Gasteiger partial charge in [0.2, 0.25) is 5.91 Å². The van der Waals surface area contributed by atoms with Gasteiger partial charge in [0.1, 0.15) is 5.00 Å². The lowest BCUT2D eigenvalue weighted by Crippen LogP contribution is -2.23. The maximum absolute atomic E-state index is 12.4. The van der Waals surface area contributed by atoms with Crippen LogP contribution in [0.25, 0.3) is 0 Å². The van der Waals surface area contributed by atoms with Gasteiger partial charge < -0.3 is 15.4 Å². The number of hydrogen-bond donors (Lipinski definition) is 2. The van der Waals surface area contributed by atoms with Crippen LogP contribution in [-0.4, -0.2) is 36.6 Å². The summed E-state index contributed by atoms with van der Waals surface area (Å²) in [4.78, 5) is 48.5. The number of anilines is 2. The molecule has 2 rings (SSSR count). The fourth-order valence-electron chi connectivity index (χ4n) is 2.68. The molecule has 1 aromatic carbocycles. The maximum atomic E-state index is 12.4. The molecule has 2 N–H and O–H groups in total. The van der Waals surface area contributed by atoms with Crippen molar-refractivity contribution >= 4 is 45.5 Å². The molecule has 0 saturated heterocycles. The summed E-state index contributed by atoms with van der Waals surface area (Å²) in [7, 11) is 0. The number of para-hydroxylation sites is 1. The highest BCUT2D eigenvalue weighted by molar-refractivity contribution is 7.18. The molecular formula is C20H22N2O5S. The summed E-state index contributed by atoms with van der Waals surface area (Å²) < 4.78 is 5.05. The van der Waals surface area contributed by atoms with E-state index >= 15 is 0 Å². The van der Waals surface area contributed by atoms with Crippen LogP contribution < -0.4 is 10.6 Å². The fourth-order valence-corrected chi connectivity index (χ4v) is 3.78. The summed E-state index contributed by atoms with van der Waals surface area (Å²) in [5.74, 6) is -1.32. The SMILES string of the molecule is CCOC(=O)c1c(NC(=O)CNc2ccccc2C(C)=O)sc(C(C)=O)c1C. The topological polar surface area (TPSA) is 102 Å². The van der Waals surface area contributed by atoms with Crippen molar-refractivity contribution in [1.29, 1.82) is 0 Å². The summed E-state index contributed by atoms with van der Waals surface area (Å²) in [5.41, 5.74) is 1.70. The highest BCUT2D eigenvalue weighted by Crippen LogP contribution is 2.34. The van der Waals surface area contributed by atoms with E-state index in [9.17, 15) is 19.2 Å². The molecule has 2 aromatic rings. The van der Waals surface area contributed by atoms with Crippen molar-refractivity contribution in [3.63, 3.8) is 0 Å². The second kappa shape index (κ2) is 9.27. The van der Waals surface area contributed by atoms with E-state index in [1.165, 1.54) is 13.8 Å². The molecule has 0 aliphatic carbocycles. The lowest BCUT2D eigenvalue weighted by atomic mass is 10.1. The minimum absolute atomic E-state index is 0.112. The number of esters is 1. The molecule has 1 amide bonds. The Balaban J connectivity index is 2.20. The Morgan fingerprint density at radius 1 is 1.07 bits per heavy atom. The summed E-state index contributed by atoms with van der Waals surface area (Å²) in [6.07, 6.45) is 0. The van der Waals surface area contributed by atoms with Crippen molar-refractivity contribution in [2.45, 2.75) is 27.7 Å². The lowest BCUT2D eigenvalue weighted by Gasteiger charge is -2.11. The van der Waals surface area contributed by atoms with Gasteiger partial charge in [0.25, 0.3) is 0 Å². The third-order valence-electron chi connectivity index (χ3n) is 3.94. The van der Waals surface area contributed by atoms with Crippen LogP contribution in [0.1, 0.15) is 56.7 Å². The van der Waals surface area contributed by atoms with Crippen molar-refractivity contribution in [2.24, 2.45) is 0 Å². The van der Waals surface area contributed by atoms with Crippen molar-refractivity contribution in [3.8, 4) is 0 Å². The third-order valence-corrected chi connectivity index (χ3v) is 5.25. The Kier molecular flexibility index (Phi) is 7.06. The largest absolute Gasteiger partial charge is 0.462 e. The standard InChI is InChI=1S/C20H22N2O5S/c1-5-27-20(26)17-11(2)18(13(4)24)28-19(17)22-16(25)10-21-15-9-7-6-8-14(15)12(3)23/h6-9,21H,5,10H2,1-4H3,(H,22,25). The third kappa shape index (κ3) is 4.83. The van der Waals surface area contributed by atoms with E-state index in [0.717, 1.165) is 11.3 Å². The number of rotatable bonds is 8. The molecule has 0 bridgehead atoms. The summed E-state index contributed by atoms with van der Waals surface area (Å²) >= 11 is 1.04. The molecule has 0 radical (unpaired) electrons. The van der Waals surface area contributed by atoms with Gasteiger partial charge in [0.05, 0.1) is 23.6 Å². The van der Waals surface area contributed by atoms with Gasteiger partial charge in [0, 0.05) is 11.3 Å². The van der Waals surface area contributed by atoms with Gasteiger partial charge in [-0.1, -0.05) is 12.1 Å². The zero-order valence-corrected chi connectivity index (χ0v) is 17.0. The monoisotopic (exact) mass is 402 g/mol. The Bertz CT molecular complexity index is 933. The van der Waals surface area contributed by atoms with E-state index in [4.69, 9.17) is 4.74 Å². The average molecular weight is 402 g/mol. The van der Waals surface area contributed by atoms with Gasteiger partial charge in [-0.3, -0.25) is 14.4 Å². The molecule has 0 unspecified atom stereocenters. The van der Waals surface area contributed by atoms with Crippen LogP contribution in [0.15, 0.2) is 24.3 Å². The van der Waals surface area contributed by atoms with Crippen molar-refractivity contribution in [2.75, 3.05) is 23.8 Å². The smallest absolute Gasteiger partial charge is 0.341 e. The van der Waals surface area contributed by atoms with Crippen LogP contribution in [0.5, 0.6) is 0 Å². The normalized spacial score (nSPS) is 10.3. The molecule has 0 spiro atoms. The van der Waals surface area contributed by atoms with Crippen LogP contribution in [0, 0.1) is 6.92 Å². The van der Waals surface area contributed by atoms with Crippen molar-refractivity contribution in [3.05, 3.63) is 45.8 Å². The number of nitrogens with one attached hydrogen (secondary N) is 2. The Labute approximate surface area is 167 Å². The van der Waals surface area contributed by atoms with E-state index in [1.54, 1.807) is 38.1 Å². The number of carbonyl (C=O) groups excluding carboxylic acids is 4. The number of thiophene rings is 1. The molecular weight excluding hydrogens is 380 g/mol. The quantitative estimate of drug-likeness (QED) is 0.516. The minimum Gasteiger partial charge on any atom is -0.462 e. The highest BCUT2D eigenvalue weighted by atomic mass is 32.1. The molecule has 0 fully saturated rings. The molecule has 0 aliphatic heterocycles. The van der Waals surface area contributed by atoms with Crippen LogP contribution >= 0.6 is 11.3 Å². The Hall–Kier alpha value is -3.00. The van der Waals surface area contributed by atoms with Crippen LogP contribution in [0.3, 0.4) is 0 Å². The zero-order chi connectivity index (χ0) is 20.8. The van der Waals surface area contributed by atoms with E-state index in [-0.39, 0.29) is 35.3 Å². The van der Waals surface area contributed by atoms with Gasteiger partial charge >= 0.3 is 5.97 Å². The predicted molar refractivity (Wildman–Crippen MR) is 109 cm³/mol. The Morgan fingerprint density at radius 2 is 1.75 bits per heavy atom. The summed E-state index contributed by atoms with van der Waals surface area (Å²) in [6.45, 7) is 6.25. The number of hydrogen-bond acceptors (Lipinski definition) is 7. The first-order chi connectivity index (χ1) is 13.3. The second-order valence-corrected chi connectivity index (χ2v) is 7.06. The number of Topliss-reactive ketones (excluding diaryl/α,β-unsaturated/α-hetero) is 2. The zero-order valence-electron chi connectivity index (χ0n) is 16.2. The Morgan fingerprint density at radius 3 is 2.36 bits per heavy atom. The molecule has 1 heterocycles. The van der Waals surface area contributed by atoms with Crippen LogP contribution in [-0.2, 0) is 9.53 Å². The number of ketones is 2. The molecule has 0 atom stereocenters. The fraction of sp³-hybridized carbons (Fsp3) is 0.300. The highest BCUT2D eigenvalue weighted by Gasteiger charge is 2.25. The first-order valence-electron chi connectivity index (χ1n) is 8.71. The minimum atomic E-state index is -0.589. The van der Waals surface area contributed by atoms with Crippen LogP contribution in [0.4, 0.5) is 10.7 Å². The van der Waals surface area contributed by atoms with E-state index in [2.05, 4.69) is 10.6 Å². The molecule has 148 valence electrons. The predicted octanol–water partition coefficient (Wildman–Crippen LogP) is 3.69. The van der Waals surface area contributed by atoms with Crippen LogP contribution in [0.2, 0.25) is 0 Å². The van der Waals surface area contributed by atoms with E-state index in [0.29, 0.717) is 21.7 Å². The summed E-state index contributed by atoms with van der Waals surface area (Å²) in [6, 6.07) is 6.87. The molecule has 8 heteroatoms. The van der Waals surface area contributed by atoms with Gasteiger partial charge in [-0.25, -0.2) is 4.79 Å². The molecule has 1 aromatic heterocycles. The number of carbonyl (C=O) groups is 4. The molecule has 0 saturated carbocycles. The second-order valence-electron chi connectivity index (χ2n) is 6.04. The van der Waals surface area contributed by atoms with Gasteiger partial charge in [-0.2, -0.15) is 0 Å². The van der Waals surface area contributed by atoms with Crippen molar-refractivity contribution < 1.29 is 23.9 Å². The van der Waals surface area contributed by atoms with Gasteiger partial charge in [-0.15, -0.1) is 11.3 Å². The number of ether oxygens (including phenoxy) is 1. The number of benzene rings is 1. The van der Waals surface area contributed by atoms with Gasteiger partial charge in [0.15, 0.2) is 11.6 Å². The lowest BCUT2D eigenvalue weighted by molar-refractivity contribution is -0.114. The first-order valence-corrected chi connectivity index (χ1v) is 9.53. The molecule has 7 nitrogen and oxygen atoms in total.